The van der Waals surface area contributed by atoms with Gasteiger partial charge in [-0.1, -0.05) is 6.08 Å². The highest BCUT2D eigenvalue weighted by molar-refractivity contribution is 4.84. The van der Waals surface area contributed by atoms with Crippen LogP contribution in [0.2, 0.25) is 0 Å². The van der Waals surface area contributed by atoms with Crippen LogP contribution in [0.4, 0.5) is 0 Å². The molecule has 0 unspecified atom stereocenters. The number of likely N-dealkylation sites (N-methyl/N-ethyl adjacent to an activating group) is 1. The molecular formula is C6H13NO. The molecule has 1 N–H and O–H groups in total. The Morgan fingerprint density at radius 2 is 2.25 bits per heavy atom. The van der Waals surface area contributed by atoms with Crippen LogP contribution in [0.5, 0.6) is 0 Å². The van der Waals surface area contributed by atoms with Gasteiger partial charge in [-0.25, -0.2) is 0 Å². The normalized spacial score (nSPS) is 14.0. The van der Waals surface area contributed by atoms with E-state index in [2.05, 4.69) is 6.58 Å². The zero-order valence-electron chi connectivity index (χ0n) is 5.46. The van der Waals surface area contributed by atoms with E-state index in [1.807, 2.05) is 19.0 Å². The van der Waals surface area contributed by atoms with Crippen molar-refractivity contribution in [2.75, 3.05) is 20.7 Å². The van der Waals surface area contributed by atoms with Crippen molar-refractivity contribution in [3.63, 3.8) is 0 Å². The number of hydrogen-bond donors (Lipinski definition) is 1. The molecule has 0 saturated heterocycles. The summed E-state index contributed by atoms with van der Waals surface area (Å²) in [6.45, 7) is 3.70. The maximum atomic E-state index is 8.58. The van der Waals surface area contributed by atoms with Gasteiger partial charge in [-0.15, -0.1) is 6.58 Å². The van der Waals surface area contributed by atoms with Crippen molar-refractivity contribution in [1.29, 1.82) is 0 Å². The van der Waals surface area contributed by atoms with Crippen LogP contribution in [0.3, 0.4) is 0 Å². The Labute approximate surface area is 50.4 Å². The molecule has 0 aliphatic heterocycles. The van der Waals surface area contributed by atoms with Gasteiger partial charge in [-0.3, -0.25) is 0 Å². The van der Waals surface area contributed by atoms with Gasteiger partial charge in [0.25, 0.3) is 0 Å². The van der Waals surface area contributed by atoms with E-state index in [1.165, 1.54) is 0 Å². The third-order valence-electron chi connectivity index (χ3n) is 1.12. The molecule has 0 radical (unpaired) electrons. The summed E-state index contributed by atoms with van der Waals surface area (Å²) in [6.07, 6.45) is 1.72. The van der Waals surface area contributed by atoms with Gasteiger partial charge < -0.3 is 10.0 Å². The quantitative estimate of drug-likeness (QED) is 0.527. The SMILES string of the molecule is C=C[C@@H](CO)N(C)C. The van der Waals surface area contributed by atoms with Gasteiger partial charge in [-0.2, -0.15) is 0 Å². The van der Waals surface area contributed by atoms with Crippen molar-refractivity contribution in [3.8, 4) is 0 Å². The van der Waals surface area contributed by atoms with E-state index in [9.17, 15) is 0 Å². The van der Waals surface area contributed by atoms with Crippen molar-refractivity contribution in [2.24, 2.45) is 0 Å². The second-order valence-electron chi connectivity index (χ2n) is 1.95. The molecule has 1 atom stereocenters. The number of nitrogens with zero attached hydrogens (tertiary/aromatic N) is 1. The van der Waals surface area contributed by atoms with E-state index >= 15 is 0 Å². The first-order valence-electron chi connectivity index (χ1n) is 2.62. The zero-order valence-corrected chi connectivity index (χ0v) is 5.46. The van der Waals surface area contributed by atoms with Crippen LogP contribution in [0, 0.1) is 0 Å². The van der Waals surface area contributed by atoms with Gasteiger partial charge in [0.1, 0.15) is 0 Å². The van der Waals surface area contributed by atoms with E-state index in [4.69, 9.17) is 5.11 Å². The van der Waals surface area contributed by atoms with Crippen LogP contribution < -0.4 is 0 Å². The van der Waals surface area contributed by atoms with Gasteiger partial charge in [-0.05, 0) is 14.1 Å². The number of aliphatic hydroxyl groups is 1. The first kappa shape index (κ1) is 7.66. The van der Waals surface area contributed by atoms with E-state index in [1.54, 1.807) is 6.08 Å². The van der Waals surface area contributed by atoms with Crippen molar-refractivity contribution in [2.45, 2.75) is 6.04 Å². The number of rotatable bonds is 3. The molecule has 48 valence electrons. The van der Waals surface area contributed by atoms with Crippen molar-refractivity contribution in [1.82, 2.24) is 4.90 Å². The summed E-state index contributed by atoms with van der Waals surface area (Å²) in [5, 5.41) is 8.58. The van der Waals surface area contributed by atoms with Crippen molar-refractivity contribution < 1.29 is 5.11 Å². The lowest BCUT2D eigenvalue weighted by atomic mass is 10.3. The largest absolute Gasteiger partial charge is 0.394 e. The average Bonchev–Trinajstić information content (AvgIpc) is 1.69. The van der Waals surface area contributed by atoms with Crippen LogP contribution in [-0.4, -0.2) is 36.8 Å². The molecule has 2 nitrogen and oxygen atoms in total. The molecule has 0 aromatic carbocycles. The molecule has 2 heteroatoms. The smallest absolute Gasteiger partial charge is 0.0622 e. The third kappa shape index (κ3) is 2.09. The Hall–Kier alpha value is -0.340. The van der Waals surface area contributed by atoms with Crippen molar-refractivity contribution >= 4 is 0 Å². The van der Waals surface area contributed by atoms with Crippen molar-refractivity contribution in [3.05, 3.63) is 12.7 Å². The predicted octanol–water partition coefficient (Wildman–Crippen LogP) is 0.0949. The molecule has 0 spiro atoms. The molecule has 0 fully saturated rings. The maximum absolute atomic E-state index is 8.58. The van der Waals surface area contributed by atoms with Gasteiger partial charge in [0.2, 0.25) is 0 Å². The maximum Gasteiger partial charge on any atom is 0.0622 e. The summed E-state index contributed by atoms with van der Waals surface area (Å²) in [5.74, 6) is 0. The van der Waals surface area contributed by atoms with Crippen LogP contribution in [-0.2, 0) is 0 Å². The van der Waals surface area contributed by atoms with Crippen LogP contribution in [0.25, 0.3) is 0 Å². The molecule has 8 heavy (non-hydrogen) atoms. The second kappa shape index (κ2) is 3.64. The molecule has 0 bridgehead atoms. The highest BCUT2D eigenvalue weighted by Gasteiger charge is 2.01. The molecule has 0 heterocycles. The first-order chi connectivity index (χ1) is 3.72. The summed E-state index contributed by atoms with van der Waals surface area (Å²) in [4.78, 5) is 1.91. The molecule has 0 amide bonds. The highest BCUT2D eigenvalue weighted by Crippen LogP contribution is 1.90. The zero-order chi connectivity index (χ0) is 6.57. The van der Waals surface area contributed by atoms with E-state index < -0.39 is 0 Å². The lowest BCUT2D eigenvalue weighted by molar-refractivity contribution is 0.200. The molecule has 0 aliphatic rings. The Morgan fingerprint density at radius 3 is 2.25 bits per heavy atom. The summed E-state index contributed by atoms with van der Waals surface area (Å²) >= 11 is 0. The fourth-order valence-electron chi connectivity index (χ4n) is 0.449. The Kier molecular flexibility index (Phi) is 3.48. The van der Waals surface area contributed by atoms with Crippen LogP contribution >= 0.6 is 0 Å². The average molecular weight is 115 g/mol. The summed E-state index contributed by atoms with van der Waals surface area (Å²) in [6, 6.07) is 0.106. The lowest BCUT2D eigenvalue weighted by Gasteiger charge is -2.16. The van der Waals surface area contributed by atoms with Crippen LogP contribution in [0.1, 0.15) is 0 Å². The lowest BCUT2D eigenvalue weighted by Crippen LogP contribution is -2.28. The summed E-state index contributed by atoms with van der Waals surface area (Å²) in [7, 11) is 3.81. The van der Waals surface area contributed by atoms with Gasteiger partial charge >= 0.3 is 0 Å². The second-order valence-corrected chi connectivity index (χ2v) is 1.95. The minimum Gasteiger partial charge on any atom is -0.394 e. The molecule has 0 rings (SSSR count). The fraction of sp³-hybridized carbons (Fsp3) is 0.667. The monoisotopic (exact) mass is 115 g/mol. The molecule has 0 aromatic heterocycles. The Morgan fingerprint density at radius 1 is 1.75 bits per heavy atom. The molecular weight excluding hydrogens is 102 g/mol. The molecule has 0 aliphatic carbocycles. The van der Waals surface area contributed by atoms with Gasteiger partial charge in [0.05, 0.1) is 12.6 Å². The fourth-order valence-corrected chi connectivity index (χ4v) is 0.449. The number of aliphatic hydroxyl groups excluding tert-OH is 1. The molecule has 0 saturated carbocycles. The standard InChI is InChI=1S/C6H13NO/c1-4-6(5-8)7(2)3/h4,6,8H,1,5H2,2-3H3/t6-/m0/s1. The van der Waals surface area contributed by atoms with Gasteiger partial charge in [0, 0.05) is 0 Å². The van der Waals surface area contributed by atoms with E-state index in [0.717, 1.165) is 0 Å². The first-order valence-corrected chi connectivity index (χ1v) is 2.62. The third-order valence-corrected chi connectivity index (χ3v) is 1.12. The Bertz CT molecular complexity index is 70.9. The summed E-state index contributed by atoms with van der Waals surface area (Å²) < 4.78 is 0. The molecule has 0 aromatic rings. The number of hydrogen-bond acceptors (Lipinski definition) is 2. The highest BCUT2D eigenvalue weighted by atomic mass is 16.3. The van der Waals surface area contributed by atoms with Crippen LogP contribution in [0.15, 0.2) is 12.7 Å². The topological polar surface area (TPSA) is 23.5 Å². The van der Waals surface area contributed by atoms with E-state index in [0.29, 0.717) is 0 Å². The van der Waals surface area contributed by atoms with Gasteiger partial charge in [0.15, 0.2) is 0 Å². The minimum absolute atomic E-state index is 0.106. The summed E-state index contributed by atoms with van der Waals surface area (Å²) in [5.41, 5.74) is 0. The Balaban J connectivity index is 3.51. The predicted molar refractivity (Wildman–Crippen MR) is 34.8 cm³/mol. The minimum atomic E-state index is 0.106. The van der Waals surface area contributed by atoms with E-state index in [-0.39, 0.29) is 12.6 Å².